The van der Waals surface area contributed by atoms with E-state index in [1.807, 2.05) is 18.7 Å². The van der Waals surface area contributed by atoms with Crippen molar-refractivity contribution in [2.45, 2.75) is 89.1 Å². The predicted octanol–water partition coefficient (Wildman–Crippen LogP) is 5.21. The van der Waals surface area contributed by atoms with E-state index in [4.69, 9.17) is 19.2 Å². The van der Waals surface area contributed by atoms with Crippen LogP contribution in [0.3, 0.4) is 0 Å². The minimum absolute atomic E-state index is 0.0409. The van der Waals surface area contributed by atoms with Crippen LogP contribution in [0, 0.1) is 5.82 Å². The number of hydrogen-bond donors (Lipinski definition) is 1. The first kappa shape index (κ1) is 28.1. The Balaban J connectivity index is 1.14. The highest BCUT2D eigenvalue weighted by atomic mass is 19.1. The number of ether oxygens (including phenoxy) is 3. The summed E-state index contributed by atoms with van der Waals surface area (Å²) < 4.78 is 32.4. The zero-order chi connectivity index (χ0) is 27.4. The summed E-state index contributed by atoms with van der Waals surface area (Å²) in [7, 11) is 0. The van der Waals surface area contributed by atoms with Crippen LogP contribution in [0.15, 0.2) is 30.3 Å². The van der Waals surface area contributed by atoms with Crippen molar-refractivity contribution in [3.8, 4) is 0 Å². The molecule has 1 N–H and O–H groups in total. The number of nitrogens with zero attached hydrogens (tertiary/aromatic N) is 2. The van der Waals surface area contributed by atoms with Crippen LogP contribution >= 0.6 is 0 Å². The van der Waals surface area contributed by atoms with Gasteiger partial charge in [-0.15, -0.1) is 0 Å². The van der Waals surface area contributed by atoms with Crippen molar-refractivity contribution >= 4 is 5.97 Å². The van der Waals surface area contributed by atoms with Crippen LogP contribution in [0.1, 0.15) is 86.2 Å². The van der Waals surface area contributed by atoms with Gasteiger partial charge in [-0.2, -0.15) is 0 Å². The second kappa shape index (κ2) is 12.4. The lowest BCUT2D eigenvalue weighted by Gasteiger charge is -2.36. The normalized spacial score (nSPS) is 23.9. The molecule has 2 aromatic rings. The Bertz CT molecular complexity index is 1150. The van der Waals surface area contributed by atoms with Gasteiger partial charge in [-0.3, -0.25) is 14.7 Å². The number of rotatable bonds is 10. The van der Waals surface area contributed by atoms with Crippen molar-refractivity contribution in [3.05, 3.63) is 64.2 Å². The number of carbonyl (C=O) groups is 1. The molecule has 0 saturated carbocycles. The summed E-state index contributed by atoms with van der Waals surface area (Å²) in [6, 6.07) is 7.76. The lowest BCUT2D eigenvalue weighted by molar-refractivity contribution is -0.177. The van der Waals surface area contributed by atoms with Crippen molar-refractivity contribution in [2.24, 2.45) is 0 Å². The Morgan fingerprint density at radius 2 is 2.08 bits per heavy atom. The van der Waals surface area contributed by atoms with Crippen LogP contribution in [0.4, 0.5) is 4.39 Å². The van der Waals surface area contributed by atoms with E-state index in [9.17, 15) is 14.3 Å². The van der Waals surface area contributed by atoms with Gasteiger partial charge >= 0.3 is 5.97 Å². The van der Waals surface area contributed by atoms with Crippen LogP contribution < -0.4 is 0 Å². The second-order valence-corrected chi connectivity index (χ2v) is 11.7. The minimum Gasteiger partial charge on any atom is -0.480 e. The zero-order valence-corrected chi connectivity index (χ0v) is 23.2. The summed E-state index contributed by atoms with van der Waals surface area (Å²) in [5.41, 5.74) is 4.54. The highest BCUT2D eigenvalue weighted by Gasteiger charge is 2.38. The number of carboxylic acids is 1. The maximum absolute atomic E-state index is 14.4. The molecule has 7 nitrogen and oxygen atoms in total. The van der Waals surface area contributed by atoms with E-state index in [0.717, 1.165) is 44.2 Å². The summed E-state index contributed by atoms with van der Waals surface area (Å²) in [5, 5.41) is 10.2. The van der Waals surface area contributed by atoms with Crippen molar-refractivity contribution in [2.75, 3.05) is 32.9 Å². The topological polar surface area (TPSA) is 81.1 Å². The first-order valence-corrected chi connectivity index (χ1v) is 14.4. The summed E-state index contributed by atoms with van der Waals surface area (Å²) in [6.07, 6.45) is 7.91. The van der Waals surface area contributed by atoms with Gasteiger partial charge in [0.2, 0.25) is 0 Å². The van der Waals surface area contributed by atoms with Gasteiger partial charge in [0, 0.05) is 31.1 Å². The monoisotopic (exact) mass is 540 g/mol. The first-order chi connectivity index (χ1) is 18.8. The van der Waals surface area contributed by atoms with E-state index in [0.29, 0.717) is 44.0 Å². The number of hydrogen-bond acceptors (Lipinski definition) is 6. The van der Waals surface area contributed by atoms with E-state index in [-0.39, 0.29) is 6.10 Å². The number of aliphatic carboxylic acids is 1. The summed E-state index contributed by atoms with van der Waals surface area (Å²) in [5.74, 6) is -1.46. The Morgan fingerprint density at radius 1 is 1.23 bits per heavy atom. The van der Waals surface area contributed by atoms with E-state index in [2.05, 4.69) is 12.1 Å². The Morgan fingerprint density at radius 3 is 2.87 bits per heavy atom. The Hall–Kier alpha value is -2.39. The minimum atomic E-state index is -1.00. The quantitative estimate of drug-likeness (QED) is 0.415. The van der Waals surface area contributed by atoms with Gasteiger partial charge in [-0.25, -0.2) is 4.39 Å². The van der Waals surface area contributed by atoms with E-state index in [1.54, 1.807) is 6.07 Å². The molecule has 3 heterocycles. The molecule has 8 heteroatoms. The molecule has 3 unspecified atom stereocenters. The van der Waals surface area contributed by atoms with Gasteiger partial charge in [0.05, 0.1) is 24.9 Å². The SMILES string of the molecule is CC1(C)COC(c2ccc(F)cc2C(C(=O)O)N2CCC(OCCCCc3ccc4c(n3)CCCC4)C2)CO1. The summed E-state index contributed by atoms with van der Waals surface area (Å²) in [6.45, 7) is 6.28. The number of aromatic nitrogens is 1. The molecule has 1 aromatic carbocycles. The number of unbranched alkanes of at least 4 members (excludes halogenated alkanes) is 1. The fraction of sp³-hybridized carbons (Fsp3) is 0.613. The summed E-state index contributed by atoms with van der Waals surface area (Å²) in [4.78, 5) is 19.2. The predicted molar refractivity (Wildman–Crippen MR) is 145 cm³/mol. The van der Waals surface area contributed by atoms with Crippen LogP contribution in [0.2, 0.25) is 0 Å². The van der Waals surface area contributed by atoms with Crippen molar-refractivity contribution in [1.82, 2.24) is 9.88 Å². The van der Waals surface area contributed by atoms with E-state index < -0.39 is 29.5 Å². The summed E-state index contributed by atoms with van der Waals surface area (Å²) >= 11 is 0. The fourth-order valence-electron chi connectivity index (χ4n) is 5.98. The van der Waals surface area contributed by atoms with Crippen molar-refractivity contribution in [1.29, 1.82) is 0 Å². The number of fused-ring (bicyclic) bond motifs is 1. The highest BCUT2D eigenvalue weighted by Crippen LogP contribution is 2.36. The molecule has 0 spiro atoms. The smallest absolute Gasteiger partial charge is 0.325 e. The maximum atomic E-state index is 14.4. The molecule has 0 bridgehead atoms. The average Bonchev–Trinajstić information content (AvgIpc) is 3.37. The number of benzene rings is 1. The second-order valence-electron chi connectivity index (χ2n) is 11.7. The van der Waals surface area contributed by atoms with Gasteiger partial charge in [0.25, 0.3) is 0 Å². The molecular formula is C31H41FN2O5. The Labute approximate surface area is 230 Å². The molecule has 212 valence electrons. The number of likely N-dealkylation sites (tertiary alicyclic amines) is 1. The molecule has 0 radical (unpaired) electrons. The van der Waals surface area contributed by atoms with E-state index in [1.165, 1.54) is 36.2 Å². The maximum Gasteiger partial charge on any atom is 0.325 e. The molecule has 39 heavy (non-hydrogen) atoms. The average molecular weight is 541 g/mol. The number of halogens is 1. The molecule has 1 aliphatic carbocycles. The lowest BCUT2D eigenvalue weighted by Crippen LogP contribution is -2.40. The van der Waals surface area contributed by atoms with Gasteiger partial charge in [-0.05, 0) is 100 Å². The lowest BCUT2D eigenvalue weighted by atomic mass is 9.94. The molecule has 3 aliphatic rings. The molecule has 2 saturated heterocycles. The van der Waals surface area contributed by atoms with Gasteiger partial charge in [0.1, 0.15) is 18.0 Å². The van der Waals surface area contributed by atoms with Crippen LogP contribution in [-0.4, -0.2) is 65.6 Å². The van der Waals surface area contributed by atoms with Crippen LogP contribution in [0.25, 0.3) is 0 Å². The standard InChI is InChI=1S/C31H41FN2O5/c1-31(2)20-38-28(19-39-31)25-13-11-22(32)17-26(25)29(30(35)36)34-15-14-24(18-34)37-16-6-5-8-23-12-10-21-7-3-4-9-27(21)33-23/h10-13,17,24,28-29H,3-9,14-16,18-20H2,1-2H3,(H,35,36). The third-order valence-corrected chi connectivity index (χ3v) is 8.14. The largest absolute Gasteiger partial charge is 0.480 e. The Kier molecular flexibility index (Phi) is 8.96. The van der Waals surface area contributed by atoms with Gasteiger partial charge in [0.15, 0.2) is 0 Å². The molecule has 2 fully saturated rings. The number of carboxylic acid groups (broad SMARTS) is 1. The zero-order valence-electron chi connectivity index (χ0n) is 23.2. The molecule has 0 amide bonds. The highest BCUT2D eigenvalue weighted by molar-refractivity contribution is 5.76. The number of aryl methyl sites for hydroxylation is 3. The van der Waals surface area contributed by atoms with Crippen molar-refractivity contribution in [3.63, 3.8) is 0 Å². The number of pyridine rings is 1. The third-order valence-electron chi connectivity index (χ3n) is 8.14. The first-order valence-electron chi connectivity index (χ1n) is 14.4. The van der Waals surface area contributed by atoms with E-state index >= 15 is 0 Å². The molecule has 1 aromatic heterocycles. The molecule has 3 atom stereocenters. The van der Waals surface area contributed by atoms with Crippen molar-refractivity contribution < 1.29 is 28.5 Å². The third kappa shape index (κ3) is 7.04. The van der Waals surface area contributed by atoms with Gasteiger partial charge in [-0.1, -0.05) is 12.1 Å². The van der Waals surface area contributed by atoms with Gasteiger partial charge < -0.3 is 19.3 Å². The molecule has 5 rings (SSSR count). The molecular weight excluding hydrogens is 499 g/mol. The van der Waals surface area contributed by atoms with Crippen LogP contribution in [0.5, 0.6) is 0 Å². The van der Waals surface area contributed by atoms with Crippen LogP contribution in [-0.2, 0) is 38.3 Å². The molecule has 2 aliphatic heterocycles. The fourth-order valence-corrected chi connectivity index (χ4v) is 5.98.